The Labute approximate surface area is 195 Å². The number of nitriles is 1. The summed E-state index contributed by atoms with van der Waals surface area (Å²) < 4.78 is 11.1. The van der Waals surface area contributed by atoms with Gasteiger partial charge in [0.1, 0.15) is 11.8 Å². The summed E-state index contributed by atoms with van der Waals surface area (Å²) >= 11 is 0. The number of rotatable bonds is 7. The molecule has 0 atom stereocenters. The smallest absolute Gasteiger partial charge is 0.258 e. The maximum absolute atomic E-state index is 9.40. The van der Waals surface area contributed by atoms with E-state index in [1.54, 1.807) is 12.1 Å². The number of aromatic nitrogens is 2. The first-order valence-corrected chi connectivity index (χ1v) is 11.1. The number of likely N-dealkylation sites (N-methyl/N-ethyl adjacent to an activating group) is 2. The maximum Gasteiger partial charge on any atom is 0.258 e. The highest BCUT2D eigenvalue weighted by Gasteiger charge is 2.20. The van der Waals surface area contributed by atoms with Crippen LogP contribution in [0.3, 0.4) is 0 Å². The highest BCUT2D eigenvalue weighted by Crippen LogP contribution is 2.32. The van der Waals surface area contributed by atoms with Gasteiger partial charge < -0.3 is 19.9 Å². The van der Waals surface area contributed by atoms with E-state index in [4.69, 9.17) is 9.26 Å². The van der Waals surface area contributed by atoms with E-state index in [-0.39, 0.29) is 6.10 Å². The monoisotopic (exact) mass is 445 g/mol. The third kappa shape index (κ3) is 5.99. The van der Waals surface area contributed by atoms with E-state index in [2.05, 4.69) is 39.5 Å². The van der Waals surface area contributed by atoms with Crippen LogP contribution in [-0.2, 0) is 12.8 Å². The molecule has 1 aliphatic rings. The molecule has 7 nitrogen and oxygen atoms in total. The van der Waals surface area contributed by atoms with Crippen LogP contribution in [-0.4, -0.2) is 36.9 Å². The molecule has 1 aliphatic carbocycles. The van der Waals surface area contributed by atoms with Crippen LogP contribution in [0.5, 0.6) is 5.75 Å². The van der Waals surface area contributed by atoms with Gasteiger partial charge in [0.25, 0.3) is 5.89 Å². The fourth-order valence-corrected chi connectivity index (χ4v) is 3.69. The minimum Gasteiger partial charge on any atom is -0.490 e. The first-order valence-electron chi connectivity index (χ1n) is 11.1. The molecule has 0 aliphatic heterocycles. The second kappa shape index (κ2) is 11.3. The topological polar surface area (TPSA) is 96.0 Å². The predicted molar refractivity (Wildman–Crippen MR) is 130 cm³/mol. The summed E-state index contributed by atoms with van der Waals surface area (Å²) in [5.41, 5.74) is 5.91. The van der Waals surface area contributed by atoms with Gasteiger partial charge in [0.2, 0.25) is 5.82 Å². The minimum atomic E-state index is 0.00290. The lowest BCUT2D eigenvalue weighted by molar-refractivity contribution is 0.241. The molecular weight excluding hydrogens is 414 g/mol. The minimum absolute atomic E-state index is 0.00290. The molecule has 7 heteroatoms. The molecule has 0 amide bonds. The van der Waals surface area contributed by atoms with Crippen molar-refractivity contribution in [3.8, 4) is 34.7 Å². The summed E-state index contributed by atoms with van der Waals surface area (Å²) in [4.78, 5) is 4.57. The van der Waals surface area contributed by atoms with E-state index in [0.29, 0.717) is 28.6 Å². The summed E-state index contributed by atoms with van der Waals surface area (Å²) in [5.74, 6) is 1.56. The van der Waals surface area contributed by atoms with Crippen LogP contribution < -0.4 is 15.4 Å². The van der Waals surface area contributed by atoms with E-state index in [9.17, 15) is 5.26 Å². The van der Waals surface area contributed by atoms with Gasteiger partial charge in [0, 0.05) is 30.4 Å². The van der Waals surface area contributed by atoms with E-state index in [0.717, 1.165) is 30.6 Å². The Morgan fingerprint density at radius 3 is 2.73 bits per heavy atom. The molecule has 0 bridgehead atoms. The third-order valence-corrected chi connectivity index (χ3v) is 5.27. The molecule has 172 valence electrons. The molecule has 0 spiro atoms. The first-order chi connectivity index (χ1) is 16.0. The van der Waals surface area contributed by atoms with Gasteiger partial charge in [0.15, 0.2) is 0 Å². The summed E-state index contributed by atoms with van der Waals surface area (Å²) in [5, 5.41) is 19.4. The van der Waals surface area contributed by atoms with Crippen LogP contribution in [0.4, 0.5) is 0 Å². The first kappa shape index (κ1) is 24.0. The van der Waals surface area contributed by atoms with Gasteiger partial charge >= 0.3 is 0 Å². The van der Waals surface area contributed by atoms with E-state index in [1.807, 2.05) is 46.1 Å². The zero-order valence-electron chi connectivity index (χ0n) is 19.7. The molecular formula is C26H31N5O2. The second-order valence-electron chi connectivity index (χ2n) is 8.09. The van der Waals surface area contributed by atoms with Crippen LogP contribution in [0.25, 0.3) is 22.8 Å². The van der Waals surface area contributed by atoms with E-state index >= 15 is 0 Å². The highest BCUT2D eigenvalue weighted by atomic mass is 16.5. The number of hydrogen-bond donors (Lipinski definition) is 2. The zero-order chi connectivity index (χ0) is 23.8. The maximum atomic E-state index is 9.40. The lowest BCUT2D eigenvalue weighted by Crippen LogP contribution is -2.18. The van der Waals surface area contributed by atoms with Gasteiger partial charge in [0.05, 0.1) is 11.7 Å². The summed E-state index contributed by atoms with van der Waals surface area (Å²) in [6, 6.07) is 13.8. The summed E-state index contributed by atoms with van der Waals surface area (Å²) in [6.45, 7) is 8.39. The van der Waals surface area contributed by atoms with Crippen LogP contribution in [0.1, 0.15) is 37.0 Å². The molecule has 1 heterocycles. The summed E-state index contributed by atoms with van der Waals surface area (Å²) in [7, 11) is 3.75. The van der Waals surface area contributed by atoms with Crippen molar-refractivity contribution in [2.45, 2.75) is 39.2 Å². The molecule has 3 aromatic rings. The van der Waals surface area contributed by atoms with Crippen LogP contribution in [0.2, 0.25) is 0 Å². The van der Waals surface area contributed by atoms with Crippen molar-refractivity contribution in [2.75, 3.05) is 20.6 Å². The number of ether oxygens (including phenoxy) is 1. The number of nitrogens with one attached hydrogen (secondary N) is 2. The normalized spacial score (nSPS) is 11.9. The van der Waals surface area contributed by atoms with Gasteiger partial charge in [-0.3, -0.25) is 0 Å². The average molecular weight is 446 g/mol. The number of benzene rings is 2. The van der Waals surface area contributed by atoms with Gasteiger partial charge in [-0.05, 0) is 69.5 Å². The average Bonchev–Trinajstić information content (AvgIpc) is 3.49. The number of fused-ring (bicyclic) bond motifs is 1. The second-order valence-corrected chi connectivity index (χ2v) is 8.09. The molecule has 4 rings (SSSR count). The van der Waals surface area contributed by atoms with Crippen molar-refractivity contribution < 1.29 is 9.26 Å². The Hall–Kier alpha value is -3.63. The predicted octanol–water partition coefficient (Wildman–Crippen LogP) is 4.49. The van der Waals surface area contributed by atoms with Gasteiger partial charge in [-0.25, -0.2) is 0 Å². The van der Waals surface area contributed by atoms with E-state index < -0.39 is 0 Å². The van der Waals surface area contributed by atoms with Crippen molar-refractivity contribution in [3.05, 3.63) is 65.4 Å². The number of hydrogen-bond acceptors (Lipinski definition) is 7. The van der Waals surface area contributed by atoms with Crippen molar-refractivity contribution in [2.24, 2.45) is 0 Å². The lowest BCUT2D eigenvalue weighted by atomic mass is 10.0. The molecule has 2 aromatic carbocycles. The molecule has 0 saturated heterocycles. The molecule has 1 aromatic heterocycles. The van der Waals surface area contributed by atoms with Crippen LogP contribution in [0.15, 0.2) is 53.2 Å². The Morgan fingerprint density at radius 2 is 2.06 bits per heavy atom. The molecule has 0 unspecified atom stereocenters. The Balaban J connectivity index is 0.000000383. The Morgan fingerprint density at radius 1 is 1.24 bits per heavy atom. The molecule has 0 saturated carbocycles. The van der Waals surface area contributed by atoms with Crippen molar-refractivity contribution in [1.29, 1.82) is 5.26 Å². The van der Waals surface area contributed by atoms with Crippen molar-refractivity contribution in [3.63, 3.8) is 0 Å². The van der Waals surface area contributed by atoms with Crippen molar-refractivity contribution >= 4 is 0 Å². The molecule has 0 fully saturated rings. The van der Waals surface area contributed by atoms with Crippen LogP contribution in [0, 0.1) is 11.3 Å². The molecule has 2 N–H and O–H groups in total. The zero-order valence-corrected chi connectivity index (χ0v) is 19.7. The fraction of sp³-hybridized carbons (Fsp3) is 0.346. The Bertz CT molecular complexity index is 1140. The van der Waals surface area contributed by atoms with Gasteiger partial charge in [-0.15, -0.1) is 0 Å². The Kier molecular flexibility index (Phi) is 8.22. The highest BCUT2D eigenvalue weighted by molar-refractivity contribution is 5.66. The SMILES string of the molecule is C=C(CNC)NC.CC(C)Oc1ccc(-c2nc(-c3cccc4c3CCC4)no2)cc1C#N. The quantitative estimate of drug-likeness (QED) is 0.553. The molecule has 33 heavy (non-hydrogen) atoms. The summed E-state index contributed by atoms with van der Waals surface area (Å²) in [6.07, 6.45) is 3.33. The lowest BCUT2D eigenvalue weighted by Gasteiger charge is -2.11. The third-order valence-electron chi connectivity index (χ3n) is 5.27. The fourth-order valence-electron chi connectivity index (χ4n) is 3.69. The van der Waals surface area contributed by atoms with Gasteiger partial charge in [-0.1, -0.05) is 29.9 Å². The number of nitrogens with zero attached hydrogens (tertiary/aromatic N) is 3. The van der Waals surface area contributed by atoms with Crippen molar-refractivity contribution in [1.82, 2.24) is 20.8 Å². The largest absolute Gasteiger partial charge is 0.490 e. The van der Waals surface area contributed by atoms with E-state index in [1.165, 1.54) is 17.5 Å². The standard InChI is InChI=1S/C21H19N3O2.C5H12N2/c1-13(2)25-19-10-9-15(11-16(19)12-22)21-23-20(24-26-21)18-8-4-6-14-5-3-7-17(14)18;1-5(7-3)4-6-2/h4,6,8-11,13H,3,5,7H2,1-2H3;6-7H,1,4H2,2-3H3. The van der Waals surface area contributed by atoms with Gasteiger partial charge in [-0.2, -0.15) is 10.2 Å². The van der Waals surface area contributed by atoms with Crippen LogP contribution >= 0.6 is 0 Å². The molecule has 0 radical (unpaired) electrons. The number of aryl methyl sites for hydroxylation is 1.